The van der Waals surface area contributed by atoms with Gasteiger partial charge >= 0.3 is 5.97 Å². The fourth-order valence-corrected chi connectivity index (χ4v) is 3.02. The molecule has 24 heavy (non-hydrogen) atoms. The first-order chi connectivity index (χ1) is 11.4. The van der Waals surface area contributed by atoms with Crippen LogP contribution in [0.15, 0.2) is 24.3 Å². The maximum Gasteiger partial charge on any atom is 0.335 e. The number of carboxylic acids is 1. The van der Waals surface area contributed by atoms with Crippen LogP contribution in [0.2, 0.25) is 0 Å². The lowest BCUT2D eigenvalue weighted by Crippen LogP contribution is -2.44. The minimum Gasteiger partial charge on any atom is -0.478 e. The van der Waals surface area contributed by atoms with Crippen LogP contribution in [0, 0.1) is 5.92 Å². The van der Waals surface area contributed by atoms with E-state index in [1.807, 2.05) is 12.1 Å². The van der Waals surface area contributed by atoms with Crippen molar-refractivity contribution in [1.82, 2.24) is 9.80 Å². The van der Waals surface area contributed by atoms with E-state index in [1.165, 1.54) is 11.8 Å². The number of carbonyl (C=O) groups excluding carboxylic acids is 2. The molecular weight excluding hydrogens is 308 g/mol. The maximum atomic E-state index is 12.2. The highest BCUT2D eigenvalue weighted by atomic mass is 16.4. The van der Waals surface area contributed by atoms with Gasteiger partial charge in [-0.15, -0.1) is 0 Å². The summed E-state index contributed by atoms with van der Waals surface area (Å²) in [7, 11) is 1.62. The average Bonchev–Trinajstić information content (AvgIpc) is 2.55. The number of hydrogen-bond donors (Lipinski definition) is 1. The predicted octanol–water partition coefficient (Wildman–Crippen LogP) is 1.64. The third-order valence-corrected chi connectivity index (χ3v) is 4.63. The van der Waals surface area contributed by atoms with E-state index in [-0.39, 0.29) is 18.4 Å². The molecule has 1 aromatic carbocycles. The molecule has 1 fully saturated rings. The van der Waals surface area contributed by atoms with Gasteiger partial charge in [-0.2, -0.15) is 0 Å². The van der Waals surface area contributed by atoms with Crippen molar-refractivity contribution in [3.8, 4) is 0 Å². The number of carboxylic acid groups (broad SMARTS) is 1. The SMILES string of the molecule is CC(=O)N(C)CC(=O)N1CCC(Cc2ccccc2C(=O)O)CC1. The van der Waals surface area contributed by atoms with Gasteiger partial charge in [0.1, 0.15) is 0 Å². The molecule has 2 amide bonds. The molecule has 6 heteroatoms. The molecule has 1 N–H and O–H groups in total. The number of benzene rings is 1. The van der Waals surface area contributed by atoms with Gasteiger partial charge < -0.3 is 14.9 Å². The smallest absolute Gasteiger partial charge is 0.335 e. The van der Waals surface area contributed by atoms with Crippen molar-refractivity contribution in [2.24, 2.45) is 5.92 Å². The van der Waals surface area contributed by atoms with Gasteiger partial charge in [0.2, 0.25) is 11.8 Å². The second-order valence-corrected chi connectivity index (χ2v) is 6.37. The van der Waals surface area contributed by atoms with E-state index in [9.17, 15) is 19.5 Å². The minimum atomic E-state index is -0.898. The molecule has 1 saturated heterocycles. The van der Waals surface area contributed by atoms with Crippen molar-refractivity contribution in [2.45, 2.75) is 26.2 Å². The molecule has 0 spiro atoms. The summed E-state index contributed by atoms with van der Waals surface area (Å²) < 4.78 is 0. The van der Waals surface area contributed by atoms with Gasteiger partial charge in [-0.25, -0.2) is 4.79 Å². The van der Waals surface area contributed by atoms with Gasteiger partial charge in [-0.1, -0.05) is 18.2 Å². The molecule has 130 valence electrons. The van der Waals surface area contributed by atoms with E-state index >= 15 is 0 Å². The van der Waals surface area contributed by atoms with E-state index in [4.69, 9.17) is 0 Å². The summed E-state index contributed by atoms with van der Waals surface area (Å²) >= 11 is 0. The van der Waals surface area contributed by atoms with Crippen molar-refractivity contribution < 1.29 is 19.5 Å². The zero-order valence-corrected chi connectivity index (χ0v) is 14.2. The van der Waals surface area contributed by atoms with E-state index in [0.717, 1.165) is 24.8 Å². The van der Waals surface area contributed by atoms with Crippen molar-refractivity contribution in [3.05, 3.63) is 35.4 Å². The van der Waals surface area contributed by atoms with Crippen LogP contribution in [0.25, 0.3) is 0 Å². The van der Waals surface area contributed by atoms with Crippen LogP contribution in [0.5, 0.6) is 0 Å². The van der Waals surface area contributed by atoms with E-state index in [0.29, 0.717) is 24.6 Å². The lowest BCUT2D eigenvalue weighted by Gasteiger charge is -2.33. The first-order valence-electron chi connectivity index (χ1n) is 8.19. The van der Waals surface area contributed by atoms with Crippen LogP contribution in [0.4, 0.5) is 0 Å². The number of likely N-dealkylation sites (tertiary alicyclic amines) is 1. The van der Waals surface area contributed by atoms with Crippen LogP contribution >= 0.6 is 0 Å². The molecule has 0 radical (unpaired) electrons. The maximum absolute atomic E-state index is 12.2. The van der Waals surface area contributed by atoms with Gasteiger partial charge in [0.25, 0.3) is 0 Å². The van der Waals surface area contributed by atoms with Crippen molar-refractivity contribution in [3.63, 3.8) is 0 Å². The lowest BCUT2D eigenvalue weighted by atomic mass is 9.88. The largest absolute Gasteiger partial charge is 0.478 e. The molecule has 0 unspecified atom stereocenters. The summed E-state index contributed by atoms with van der Waals surface area (Å²) in [5.74, 6) is -0.675. The number of piperidine rings is 1. The predicted molar refractivity (Wildman–Crippen MR) is 89.7 cm³/mol. The molecule has 6 nitrogen and oxygen atoms in total. The lowest BCUT2D eigenvalue weighted by molar-refractivity contribution is -0.139. The molecular formula is C18H24N2O4. The fraction of sp³-hybridized carbons (Fsp3) is 0.500. The molecule has 1 aliphatic heterocycles. The van der Waals surface area contributed by atoms with Gasteiger partial charge in [0, 0.05) is 27.1 Å². The molecule has 0 aromatic heterocycles. The number of carbonyl (C=O) groups is 3. The zero-order valence-electron chi connectivity index (χ0n) is 14.2. The van der Waals surface area contributed by atoms with Gasteiger partial charge in [-0.3, -0.25) is 9.59 Å². The van der Waals surface area contributed by atoms with Crippen LogP contribution in [-0.4, -0.2) is 59.4 Å². The third kappa shape index (κ3) is 4.57. The summed E-state index contributed by atoms with van der Waals surface area (Å²) in [6.45, 7) is 2.87. The quantitative estimate of drug-likeness (QED) is 0.889. The Balaban J connectivity index is 1.88. The number of rotatable bonds is 5. The molecule has 0 saturated carbocycles. The highest BCUT2D eigenvalue weighted by Crippen LogP contribution is 2.23. The molecule has 1 heterocycles. The highest BCUT2D eigenvalue weighted by molar-refractivity contribution is 5.89. The second-order valence-electron chi connectivity index (χ2n) is 6.37. The Hall–Kier alpha value is -2.37. The highest BCUT2D eigenvalue weighted by Gasteiger charge is 2.25. The topological polar surface area (TPSA) is 77.9 Å². The molecule has 0 bridgehead atoms. The summed E-state index contributed by atoms with van der Waals surface area (Å²) in [5, 5.41) is 9.25. The summed E-state index contributed by atoms with van der Waals surface area (Å²) in [6.07, 6.45) is 2.42. The molecule has 0 aliphatic carbocycles. The zero-order chi connectivity index (χ0) is 17.7. The Morgan fingerprint density at radius 1 is 1.21 bits per heavy atom. The molecule has 0 atom stereocenters. The number of aromatic carboxylic acids is 1. The fourth-order valence-electron chi connectivity index (χ4n) is 3.02. The van der Waals surface area contributed by atoms with E-state index < -0.39 is 5.97 Å². The Labute approximate surface area is 142 Å². The van der Waals surface area contributed by atoms with Crippen LogP contribution < -0.4 is 0 Å². The number of amides is 2. The molecule has 1 aromatic rings. The summed E-state index contributed by atoms with van der Waals surface area (Å²) in [6, 6.07) is 7.09. The van der Waals surface area contributed by atoms with Crippen LogP contribution in [-0.2, 0) is 16.0 Å². The van der Waals surface area contributed by atoms with Crippen molar-refractivity contribution in [1.29, 1.82) is 0 Å². The third-order valence-electron chi connectivity index (χ3n) is 4.63. The average molecular weight is 332 g/mol. The standard InChI is InChI=1S/C18H24N2O4/c1-13(21)19(2)12-17(22)20-9-7-14(8-10-20)11-15-5-3-4-6-16(15)18(23)24/h3-6,14H,7-12H2,1-2H3,(H,23,24). The van der Waals surface area contributed by atoms with Gasteiger partial charge in [-0.05, 0) is 36.8 Å². The van der Waals surface area contributed by atoms with E-state index in [2.05, 4.69) is 0 Å². The van der Waals surface area contributed by atoms with Crippen molar-refractivity contribution in [2.75, 3.05) is 26.7 Å². The number of hydrogen-bond acceptors (Lipinski definition) is 3. The molecule has 1 aliphatic rings. The minimum absolute atomic E-state index is 0.0305. The van der Waals surface area contributed by atoms with E-state index in [1.54, 1.807) is 24.1 Å². The normalized spacial score (nSPS) is 15.2. The van der Waals surface area contributed by atoms with Gasteiger partial charge in [0.05, 0.1) is 12.1 Å². The van der Waals surface area contributed by atoms with Crippen molar-refractivity contribution >= 4 is 17.8 Å². The van der Waals surface area contributed by atoms with Gasteiger partial charge in [0.15, 0.2) is 0 Å². The number of nitrogens with zero attached hydrogens (tertiary/aromatic N) is 2. The Morgan fingerprint density at radius 2 is 1.83 bits per heavy atom. The Morgan fingerprint density at radius 3 is 2.42 bits per heavy atom. The summed E-state index contributed by atoms with van der Waals surface area (Å²) in [4.78, 5) is 37.9. The second kappa shape index (κ2) is 7.95. The Kier molecular flexibility index (Phi) is 5.95. The van der Waals surface area contributed by atoms with Crippen LogP contribution in [0.3, 0.4) is 0 Å². The molecule has 2 rings (SSSR count). The number of likely N-dealkylation sites (N-methyl/N-ethyl adjacent to an activating group) is 1. The monoisotopic (exact) mass is 332 g/mol. The first-order valence-corrected chi connectivity index (χ1v) is 8.19. The first kappa shape index (κ1) is 18.0. The summed E-state index contributed by atoms with van der Waals surface area (Å²) in [5.41, 5.74) is 1.21. The van der Waals surface area contributed by atoms with Crippen LogP contribution in [0.1, 0.15) is 35.7 Å². The Bertz CT molecular complexity index is 621.